The first-order chi connectivity index (χ1) is 8.15. The molecule has 0 bridgehead atoms. The van der Waals surface area contributed by atoms with Crippen LogP contribution >= 0.6 is 27.3 Å². The fourth-order valence-electron chi connectivity index (χ4n) is 1.62. The summed E-state index contributed by atoms with van der Waals surface area (Å²) in [5.41, 5.74) is 7.98. The molecule has 1 aromatic carbocycles. The van der Waals surface area contributed by atoms with Gasteiger partial charge in [-0.3, -0.25) is 0 Å². The van der Waals surface area contributed by atoms with Crippen molar-refractivity contribution in [2.75, 3.05) is 12.8 Å². The first-order valence-corrected chi connectivity index (χ1v) is 6.85. The lowest BCUT2D eigenvalue weighted by Gasteiger charge is -2.07. The molecule has 0 aliphatic rings. The highest BCUT2D eigenvalue weighted by Crippen LogP contribution is 2.35. The van der Waals surface area contributed by atoms with Crippen LogP contribution < -0.4 is 10.5 Å². The van der Waals surface area contributed by atoms with Crippen LogP contribution in [0.5, 0.6) is 5.75 Å². The molecular formula is C12H13BrN2OS. The van der Waals surface area contributed by atoms with Crippen LogP contribution in [0.4, 0.5) is 5.82 Å². The van der Waals surface area contributed by atoms with Gasteiger partial charge in [-0.25, -0.2) is 4.98 Å². The molecule has 0 aliphatic heterocycles. The van der Waals surface area contributed by atoms with Crippen LogP contribution in [0.3, 0.4) is 0 Å². The molecule has 1 aromatic heterocycles. The molecule has 0 unspecified atom stereocenters. The van der Waals surface area contributed by atoms with Gasteiger partial charge in [0.25, 0.3) is 0 Å². The van der Waals surface area contributed by atoms with Gasteiger partial charge in [0.1, 0.15) is 20.4 Å². The summed E-state index contributed by atoms with van der Waals surface area (Å²) < 4.78 is 6.18. The van der Waals surface area contributed by atoms with Crippen LogP contribution in [-0.2, 0) is 6.42 Å². The number of anilines is 1. The van der Waals surface area contributed by atoms with Gasteiger partial charge in [0.05, 0.1) is 7.11 Å². The molecule has 0 saturated heterocycles. The third-order valence-corrected chi connectivity index (χ3v) is 4.32. The van der Waals surface area contributed by atoms with E-state index in [0.29, 0.717) is 5.82 Å². The monoisotopic (exact) mass is 312 g/mol. The fourth-order valence-corrected chi connectivity index (χ4v) is 2.88. The Hall–Kier alpha value is -1.07. The standard InChI is InChI=1S/C12H13BrN2OS/c1-3-7-6-8(4-5-9(7)16-2)12-15-11(14)10(13)17-12/h4-6H,3,14H2,1-2H3. The van der Waals surface area contributed by atoms with Crippen LogP contribution in [0, 0.1) is 0 Å². The smallest absolute Gasteiger partial charge is 0.149 e. The van der Waals surface area contributed by atoms with Crippen LogP contribution in [0.15, 0.2) is 22.0 Å². The molecule has 2 aromatic rings. The number of nitrogens with two attached hydrogens (primary N) is 1. The Morgan fingerprint density at radius 1 is 1.47 bits per heavy atom. The van der Waals surface area contributed by atoms with Crippen molar-refractivity contribution in [2.45, 2.75) is 13.3 Å². The first kappa shape index (κ1) is 12.4. The number of nitrogen functional groups attached to an aromatic ring is 1. The number of hydrogen-bond donors (Lipinski definition) is 1. The minimum Gasteiger partial charge on any atom is -0.496 e. The Labute approximate surface area is 113 Å². The van der Waals surface area contributed by atoms with Gasteiger partial charge >= 0.3 is 0 Å². The molecule has 0 atom stereocenters. The molecule has 0 aliphatic carbocycles. The second-order valence-electron chi connectivity index (χ2n) is 3.56. The number of aromatic nitrogens is 1. The average Bonchev–Trinajstić information content (AvgIpc) is 2.68. The van der Waals surface area contributed by atoms with E-state index in [1.165, 1.54) is 16.9 Å². The number of methoxy groups -OCH3 is 1. The zero-order valence-electron chi connectivity index (χ0n) is 9.66. The van der Waals surface area contributed by atoms with Crippen molar-refractivity contribution in [3.05, 3.63) is 27.5 Å². The third kappa shape index (κ3) is 2.45. The van der Waals surface area contributed by atoms with E-state index in [0.717, 1.165) is 26.5 Å². The molecule has 2 N–H and O–H groups in total. The minimum absolute atomic E-state index is 0.541. The Morgan fingerprint density at radius 3 is 2.76 bits per heavy atom. The number of nitrogens with zero attached hydrogens (tertiary/aromatic N) is 1. The molecule has 5 heteroatoms. The average molecular weight is 313 g/mol. The van der Waals surface area contributed by atoms with Crippen molar-refractivity contribution in [3.8, 4) is 16.3 Å². The topological polar surface area (TPSA) is 48.1 Å². The number of ether oxygens (including phenoxy) is 1. The van der Waals surface area contributed by atoms with E-state index in [-0.39, 0.29) is 0 Å². The van der Waals surface area contributed by atoms with Crippen molar-refractivity contribution < 1.29 is 4.74 Å². The van der Waals surface area contributed by atoms with Gasteiger partial charge in [-0.05, 0) is 46.1 Å². The predicted molar refractivity (Wildman–Crippen MR) is 75.6 cm³/mol. The van der Waals surface area contributed by atoms with Crippen molar-refractivity contribution in [2.24, 2.45) is 0 Å². The Morgan fingerprint density at radius 2 is 2.24 bits per heavy atom. The fraction of sp³-hybridized carbons (Fsp3) is 0.250. The summed E-state index contributed by atoms with van der Waals surface area (Å²) in [6, 6.07) is 6.08. The maximum atomic E-state index is 5.73. The summed E-state index contributed by atoms with van der Waals surface area (Å²) in [6.07, 6.45) is 0.930. The van der Waals surface area contributed by atoms with Crippen LogP contribution in [0.25, 0.3) is 10.6 Å². The van der Waals surface area contributed by atoms with Crippen molar-refractivity contribution in [1.82, 2.24) is 4.98 Å². The van der Waals surface area contributed by atoms with E-state index in [1.807, 2.05) is 12.1 Å². The summed E-state index contributed by atoms with van der Waals surface area (Å²) in [7, 11) is 1.69. The molecule has 2 rings (SSSR count). The lowest BCUT2D eigenvalue weighted by molar-refractivity contribution is 0.410. The van der Waals surface area contributed by atoms with Crippen LogP contribution in [0.1, 0.15) is 12.5 Å². The number of benzene rings is 1. The molecular weight excluding hydrogens is 300 g/mol. The van der Waals surface area contributed by atoms with E-state index < -0.39 is 0 Å². The summed E-state index contributed by atoms with van der Waals surface area (Å²) in [6.45, 7) is 2.10. The Kier molecular flexibility index (Phi) is 3.69. The molecule has 0 fully saturated rings. The third-order valence-electron chi connectivity index (χ3n) is 2.52. The van der Waals surface area contributed by atoms with Crippen molar-refractivity contribution in [3.63, 3.8) is 0 Å². The first-order valence-electron chi connectivity index (χ1n) is 5.24. The summed E-state index contributed by atoms with van der Waals surface area (Å²) in [5, 5.41) is 0.923. The summed E-state index contributed by atoms with van der Waals surface area (Å²) >= 11 is 4.92. The highest BCUT2D eigenvalue weighted by atomic mass is 79.9. The Bertz CT molecular complexity index is 520. The van der Waals surface area contributed by atoms with Gasteiger partial charge in [-0.1, -0.05) is 6.92 Å². The van der Waals surface area contributed by atoms with Gasteiger partial charge in [0.2, 0.25) is 0 Å². The number of thiazole rings is 1. The predicted octanol–water partition coefficient (Wildman–Crippen LogP) is 3.73. The molecule has 0 amide bonds. The van der Waals surface area contributed by atoms with E-state index >= 15 is 0 Å². The van der Waals surface area contributed by atoms with Gasteiger partial charge in [-0.15, -0.1) is 11.3 Å². The second kappa shape index (κ2) is 5.06. The second-order valence-corrected chi connectivity index (χ2v) is 5.88. The van der Waals surface area contributed by atoms with Crippen LogP contribution in [-0.4, -0.2) is 12.1 Å². The maximum absolute atomic E-state index is 5.73. The van der Waals surface area contributed by atoms with Gasteiger partial charge in [0.15, 0.2) is 0 Å². The maximum Gasteiger partial charge on any atom is 0.149 e. The van der Waals surface area contributed by atoms with E-state index in [2.05, 4.69) is 33.9 Å². The summed E-state index contributed by atoms with van der Waals surface area (Å²) in [5.74, 6) is 1.46. The minimum atomic E-state index is 0.541. The zero-order valence-corrected chi connectivity index (χ0v) is 12.1. The number of rotatable bonds is 3. The normalized spacial score (nSPS) is 10.5. The quantitative estimate of drug-likeness (QED) is 0.939. The summed E-state index contributed by atoms with van der Waals surface area (Å²) in [4.78, 5) is 4.32. The van der Waals surface area contributed by atoms with Gasteiger partial charge in [-0.2, -0.15) is 0 Å². The van der Waals surface area contributed by atoms with Crippen LogP contribution in [0.2, 0.25) is 0 Å². The SMILES string of the molecule is CCc1cc(-c2nc(N)c(Br)s2)ccc1OC. The molecule has 0 spiro atoms. The van der Waals surface area contributed by atoms with Gasteiger partial charge < -0.3 is 10.5 Å². The highest BCUT2D eigenvalue weighted by Gasteiger charge is 2.10. The van der Waals surface area contributed by atoms with E-state index in [4.69, 9.17) is 10.5 Å². The zero-order chi connectivity index (χ0) is 12.4. The van der Waals surface area contributed by atoms with Crippen molar-refractivity contribution in [1.29, 1.82) is 0 Å². The molecule has 0 radical (unpaired) electrons. The molecule has 1 heterocycles. The molecule has 90 valence electrons. The molecule has 0 saturated carbocycles. The van der Waals surface area contributed by atoms with E-state index in [9.17, 15) is 0 Å². The lowest BCUT2D eigenvalue weighted by atomic mass is 10.1. The van der Waals surface area contributed by atoms with Crippen molar-refractivity contribution >= 4 is 33.1 Å². The largest absolute Gasteiger partial charge is 0.496 e. The lowest BCUT2D eigenvalue weighted by Crippen LogP contribution is -1.91. The number of aryl methyl sites for hydroxylation is 1. The van der Waals surface area contributed by atoms with E-state index in [1.54, 1.807) is 7.11 Å². The molecule has 3 nitrogen and oxygen atoms in total. The molecule has 17 heavy (non-hydrogen) atoms. The van der Waals surface area contributed by atoms with Gasteiger partial charge in [0, 0.05) is 5.56 Å². The Balaban J connectivity index is 2.46. The number of hydrogen-bond acceptors (Lipinski definition) is 4. The number of halogens is 1. The highest BCUT2D eigenvalue weighted by molar-refractivity contribution is 9.11.